The molecule has 2 N–H and O–H groups in total. The Morgan fingerprint density at radius 2 is 1.76 bits per heavy atom. The first-order chi connectivity index (χ1) is 10.2. The number of aryl methyl sites for hydroxylation is 1. The first-order valence-corrected chi connectivity index (χ1v) is 7.65. The maximum absolute atomic E-state index is 12.0. The van der Waals surface area contributed by atoms with Crippen molar-refractivity contribution in [3.05, 3.63) is 35.4 Å². The van der Waals surface area contributed by atoms with Gasteiger partial charge in [0.1, 0.15) is 0 Å². The molecule has 0 fully saturated rings. The zero-order valence-corrected chi connectivity index (χ0v) is 12.8. The van der Waals surface area contributed by atoms with Crippen LogP contribution in [0.3, 0.4) is 0 Å². The van der Waals surface area contributed by atoms with Crippen LogP contribution in [0.5, 0.6) is 0 Å². The van der Waals surface area contributed by atoms with Crippen LogP contribution in [0.1, 0.15) is 54.9 Å². The number of hydrogen-bond acceptors (Lipinski definition) is 4. The highest BCUT2D eigenvalue weighted by Crippen LogP contribution is 2.11. The van der Waals surface area contributed by atoms with E-state index in [2.05, 4.69) is 0 Å². The molecule has 0 spiro atoms. The number of ether oxygens (including phenoxy) is 1. The molecular formula is C17H25NO3. The number of carbonyl (C=O) groups excluding carboxylic acids is 2. The highest BCUT2D eigenvalue weighted by atomic mass is 16.5. The van der Waals surface area contributed by atoms with Gasteiger partial charge in [0.25, 0.3) is 0 Å². The number of esters is 1. The van der Waals surface area contributed by atoms with Crippen LogP contribution in [0, 0.1) is 0 Å². The van der Waals surface area contributed by atoms with E-state index in [-0.39, 0.29) is 11.8 Å². The van der Waals surface area contributed by atoms with Crippen LogP contribution in [0.2, 0.25) is 0 Å². The third-order valence-corrected chi connectivity index (χ3v) is 3.31. The van der Waals surface area contributed by atoms with Crippen molar-refractivity contribution < 1.29 is 14.3 Å². The van der Waals surface area contributed by atoms with E-state index in [0.29, 0.717) is 32.4 Å². The summed E-state index contributed by atoms with van der Waals surface area (Å²) in [6, 6.07) is 7.50. The van der Waals surface area contributed by atoms with E-state index < -0.39 is 0 Å². The van der Waals surface area contributed by atoms with Crippen LogP contribution in [-0.4, -0.2) is 24.9 Å². The lowest BCUT2D eigenvalue weighted by Crippen LogP contribution is -2.05. The highest BCUT2D eigenvalue weighted by molar-refractivity contribution is 5.96. The van der Waals surface area contributed by atoms with Crippen molar-refractivity contribution >= 4 is 11.8 Å². The molecule has 116 valence electrons. The van der Waals surface area contributed by atoms with Gasteiger partial charge in [-0.25, -0.2) is 0 Å². The van der Waals surface area contributed by atoms with Gasteiger partial charge in [-0.3, -0.25) is 9.59 Å². The second kappa shape index (κ2) is 10.1. The summed E-state index contributed by atoms with van der Waals surface area (Å²) in [5, 5.41) is 0. The third kappa shape index (κ3) is 7.04. The molecule has 0 aliphatic heterocycles. The largest absolute Gasteiger partial charge is 0.466 e. The van der Waals surface area contributed by atoms with E-state index in [9.17, 15) is 9.59 Å². The summed E-state index contributed by atoms with van der Waals surface area (Å²) >= 11 is 0. The molecule has 0 aliphatic carbocycles. The summed E-state index contributed by atoms with van der Waals surface area (Å²) in [4.78, 5) is 23.2. The van der Waals surface area contributed by atoms with Gasteiger partial charge in [0.05, 0.1) is 6.61 Å². The molecule has 0 atom stereocenters. The molecule has 0 aromatic heterocycles. The Balaban J connectivity index is 2.38. The maximum atomic E-state index is 12.0. The number of unbranched alkanes of at least 4 members (excludes halogenated alkanes) is 2. The SMILES string of the molecule is CCOC(=O)CCc1ccc(C(=O)CCCCCN)cc1. The lowest BCUT2D eigenvalue weighted by Gasteiger charge is -2.04. The minimum absolute atomic E-state index is 0.170. The molecule has 4 nitrogen and oxygen atoms in total. The lowest BCUT2D eigenvalue weighted by atomic mass is 10.0. The number of rotatable bonds is 10. The van der Waals surface area contributed by atoms with Crippen LogP contribution in [0.15, 0.2) is 24.3 Å². The third-order valence-electron chi connectivity index (χ3n) is 3.31. The molecule has 0 aliphatic rings. The number of nitrogens with two attached hydrogens (primary N) is 1. The zero-order valence-electron chi connectivity index (χ0n) is 12.8. The van der Waals surface area contributed by atoms with Crippen molar-refractivity contribution in [3.63, 3.8) is 0 Å². The van der Waals surface area contributed by atoms with Crippen LogP contribution in [-0.2, 0) is 16.0 Å². The van der Waals surface area contributed by atoms with Gasteiger partial charge in [0, 0.05) is 18.4 Å². The highest BCUT2D eigenvalue weighted by Gasteiger charge is 2.06. The Hall–Kier alpha value is -1.68. The molecule has 0 heterocycles. The zero-order chi connectivity index (χ0) is 15.5. The van der Waals surface area contributed by atoms with Gasteiger partial charge in [-0.1, -0.05) is 30.7 Å². The van der Waals surface area contributed by atoms with Crippen molar-refractivity contribution in [1.82, 2.24) is 0 Å². The summed E-state index contributed by atoms with van der Waals surface area (Å²) < 4.78 is 4.89. The van der Waals surface area contributed by atoms with E-state index in [1.807, 2.05) is 24.3 Å². The molecule has 1 rings (SSSR count). The molecular weight excluding hydrogens is 266 g/mol. The number of carbonyl (C=O) groups is 2. The van der Waals surface area contributed by atoms with Crippen molar-refractivity contribution in [2.75, 3.05) is 13.2 Å². The standard InChI is InChI=1S/C17H25NO3/c1-2-21-17(20)12-9-14-7-10-15(11-8-14)16(19)6-4-3-5-13-18/h7-8,10-11H,2-6,9,12-13,18H2,1H3. The fourth-order valence-corrected chi connectivity index (χ4v) is 2.09. The summed E-state index contributed by atoms with van der Waals surface area (Å²) in [5.74, 6) is -0.0125. The quantitative estimate of drug-likeness (QED) is 0.409. The van der Waals surface area contributed by atoms with E-state index in [1.165, 1.54) is 0 Å². The predicted molar refractivity (Wildman–Crippen MR) is 83.2 cm³/mol. The number of Topliss-reactive ketones (excluding diaryl/α,β-unsaturated/α-hetero) is 1. The maximum Gasteiger partial charge on any atom is 0.306 e. The van der Waals surface area contributed by atoms with Crippen molar-refractivity contribution in [3.8, 4) is 0 Å². The summed E-state index contributed by atoms with van der Waals surface area (Å²) in [7, 11) is 0. The average Bonchev–Trinajstić information content (AvgIpc) is 2.50. The first-order valence-electron chi connectivity index (χ1n) is 7.65. The van der Waals surface area contributed by atoms with Crippen LogP contribution < -0.4 is 5.73 Å². The Morgan fingerprint density at radius 1 is 1.05 bits per heavy atom. The normalized spacial score (nSPS) is 10.4. The number of hydrogen-bond donors (Lipinski definition) is 1. The van der Waals surface area contributed by atoms with E-state index >= 15 is 0 Å². The molecule has 1 aromatic carbocycles. The monoisotopic (exact) mass is 291 g/mol. The average molecular weight is 291 g/mol. The number of benzene rings is 1. The van der Waals surface area contributed by atoms with Crippen molar-refractivity contribution in [2.45, 2.75) is 45.4 Å². The van der Waals surface area contributed by atoms with Crippen LogP contribution in [0.4, 0.5) is 0 Å². The van der Waals surface area contributed by atoms with Gasteiger partial charge in [-0.15, -0.1) is 0 Å². The Morgan fingerprint density at radius 3 is 2.38 bits per heavy atom. The van der Waals surface area contributed by atoms with Crippen LogP contribution >= 0.6 is 0 Å². The van der Waals surface area contributed by atoms with E-state index in [0.717, 1.165) is 30.4 Å². The fourth-order valence-electron chi connectivity index (χ4n) is 2.09. The smallest absolute Gasteiger partial charge is 0.306 e. The van der Waals surface area contributed by atoms with Gasteiger partial charge in [0.15, 0.2) is 5.78 Å². The molecule has 0 radical (unpaired) electrons. The minimum Gasteiger partial charge on any atom is -0.466 e. The van der Waals surface area contributed by atoms with Gasteiger partial charge >= 0.3 is 5.97 Å². The lowest BCUT2D eigenvalue weighted by molar-refractivity contribution is -0.143. The second-order valence-corrected chi connectivity index (χ2v) is 5.02. The topological polar surface area (TPSA) is 69.4 Å². The Bertz CT molecular complexity index is 440. The van der Waals surface area contributed by atoms with E-state index in [4.69, 9.17) is 10.5 Å². The molecule has 21 heavy (non-hydrogen) atoms. The van der Waals surface area contributed by atoms with Gasteiger partial charge in [0.2, 0.25) is 0 Å². The van der Waals surface area contributed by atoms with E-state index in [1.54, 1.807) is 6.92 Å². The first kappa shape index (κ1) is 17.4. The Kier molecular flexibility index (Phi) is 8.36. The van der Waals surface area contributed by atoms with Crippen LogP contribution in [0.25, 0.3) is 0 Å². The fraction of sp³-hybridized carbons (Fsp3) is 0.529. The van der Waals surface area contributed by atoms with Gasteiger partial charge in [-0.2, -0.15) is 0 Å². The summed E-state index contributed by atoms with van der Waals surface area (Å²) in [5.41, 5.74) is 7.21. The molecule has 0 saturated heterocycles. The molecule has 0 saturated carbocycles. The molecule has 1 aromatic rings. The van der Waals surface area contributed by atoms with Gasteiger partial charge < -0.3 is 10.5 Å². The second-order valence-electron chi connectivity index (χ2n) is 5.02. The molecule has 0 unspecified atom stereocenters. The Labute approximate surface area is 126 Å². The molecule has 0 bridgehead atoms. The minimum atomic E-state index is -0.183. The summed E-state index contributed by atoms with van der Waals surface area (Å²) in [6.45, 7) is 2.89. The van der Waals surface area contributed by atoms with Crippen molar-refractivity contribution in [1.29, 1.82) is 0 Å². The van der Waals surface area contributed by atoms with Crippen molar-refractivity contribution in [2.24, 2.45) is 5.73 Å². The predicted octanol–water partition coefficient (Wildman–Crippen LogP) is 2.88. The van der Waals surface area contributed by atoms with Gasteiger partial charge in [-0.05, 0) is 38.3 Å². The summed E-state index contributed by atoms with van der Waals surface area (Å²) in [6.07, 6.45) is 4.45. The number of ketones is 1. The molecule has 4 heteroatoms. The molecule has 0 amide bonds.